The van der Waals surface area contributed by atoms with Crippen LogP contribution in [0, 0.1) is 0 Å². The van der Waals surface area contributed by atoms with Crippen LogP contribution in [0.2, 0.25) is 0 Å². The zero-order valence-corrected chi connectivity index (χ0v) is 31.5. The number of hydrogen-bond acceptors (Lipinski definition) is 3. The van der Waals surface area contributed by atoms with Crippen LogP contribution in [0.5, 0.6) is 0 Å². The number of para-hydroxylation sites is 3. The summed E-state index contributed by atoms with van der Waals surface area (Å²) < 4.78 is 7.60. The molecule has 4 heterocycles. The molecule has 0 bridgehead atoms. The molecule has 0 aliphatic rings. The molecule has 0 unspecified atom stereocenters. The molecule has 0 atom stereocenters. The molecule has 0 N–H and O–H groups in total. The van der Waals surface area contributed by atoms with Crippen molar-refractivity contribution in [2.24, 2.45) is 0 Å². The van der Waals surface area contributed by atoms with Crippen LogP contribution in [0.25, 0.3) is 109 Å². The maximum Gasteiger partial charge on any atom is 0.160 e. The van der Waals surface area contributed by atoms with Gasteiger partial charge in [0.2, 0.25) is 0 Å². The number of rotatable bonds is 5. The van der Waals surface area contributed by atoms with Crippen molar-refractivity contribution in [2.45, 2.75) is 0 Å². The van der Waals surface area contributed by atoms with E-state index in [2.05, 4.69) is 179 Å². The smallest absolute Gasteiger partial charge is 0.160 e. The Morgan fingerprint density at radius 2 is 0.877 bits per heavy atom. The molecule has 0 aliphatic carbocycles. The maximum absolute atomic E-state index is 5.22. The van der Waals surface area contributed by atoms with Crippen LogP contribution in [0.4, 0.5) is 0 Å². The van der Waals surface area contributed by atoms with Crippen LogP contribution in [0.3, 0.4) is 0 Å². The lowest BCUT2D eigenvalue weighted by Gasteiger charge is -2.14. The molecule has 0 radical (unpaired) electrons. The second-order valence-electron chi connectivity index (χ2n) is 14.5. The molecular weight excluding hydrogens is 713 g/mol. The molecule has 5 heteroatoms. The minimum Gasteiger partial charge on any atom is -0.307 e. The van der Waals surface area contributed by atoms with Gasteiger partial charge < -0.3 is 9.13 Å². The highest BCUT2D eigenvalue weighted by atomic mass is 32.1. The normalized spacial score (nSPS) is 11.9. The topological polar surface area (TPSA) is 35.6 Å². The fraction of sp³-hybridized carbons (Fsp3) is 0. The van der Waals surface area contributed by atoms with Crippen molar-refractivity contribution in [2.75, 3.05) is 0 Å². The highest BCUT2D eigenvalue weighted by Crippen LogP contribution is 2.51. The summed E-state index contributed by atoms with van der Waals surface area (Å²) in [6, 6.07) is 69.2. The molecule has 12 aromatic rings. The van der Waals surface area contributed by atoms with E-state index in [4.69, 9.17) is 9.97 Å². The first-order chi connectivity index (χ1) is 28.3. The van der Waals surface area contributed by atoms with Gasteiger partial charge >= 0.3 is 0 Å². The molecule has 0 saturated carbocycles. The van der Waals surface area contributed by atoms with Crippen LogP contribution in [0.15, 0.2) is 194 Å². The Morgan fingerprint density at radius 3 is 1.60 bits per heavy atom. The van der Waals surface area contributed by atoms with E-state index < -0.39 is 0 Å². The average molecular weight is 745 g/mol. The van der Waals surface area contributed by atoms with Crippen molar-refractivity contribution < 1.29 is 0 Å². The van der Waals surface area contributed by atoms with E-state index in [-0.39, 0.29) is 0 Å². The summed E-state index contributed by atoms with van der Waals surface area (Å²) in [5.74, 6) is 0.704. The predicted molar refractivity (Wildman–Crippen MR) is 240 cm³/mol. The first-order valence-electron chi connectivity index (χ1n) is 19.3. The third-order valence-corrected chi connectivity index (χ3v) is 12.5. The molecule has 0 aliphatic heterocycles. The van der Waals surface area contributed by atoms with Crippen molar-refractivity contribution in [3.63, 3.8) is 0 Å². The Kier molecular flexibility index (Phi) is 7.06. The van der Waals surface area contributed by atoms with Crippen LogP contribution in [0.1, 0.15) is 0 Å². The predicted octanol–water partition coefficient (Wildman–Crippen LogP) is 14.0. The first-order valence-corrected chi connectivity index (χ1v) is 20.1. The Hall–Kier alpha value is -7.34. The third-order valence-electron chi connectivity index (χ3n) is 11.3. The molecule has 4 nitrogen and oxygen atoms in total. The van der Waals surface area contributed by atoms with E-state index in [1.54, 1.807) is 0 Å². The Balaban J connectivity index is 1.23. The average Bonchev–Trinajstić information content (AvgIpc) is 3.95. The van der Waals surface area contributed by atoms with E-state index in [0.717, 1.165) is 45.0 Å². The van der Waals surface area contributed by atoms with Crippen LogP contribution < -0.4 is 0 Å². The van der Waals surface area contributed by atoms with E-state index in [0.29, 0.717) is 5.82 Å². The molecule has 4 aromatic heterocycles. The quantitative estimate of drug-likeness (QED) is 0.176. The molecule has 266 valence electrons. The number of hydrogen-bond donors (Lipinski definition) is 0. The van der Waals surface area contributed by atoms with Gasteiger partial charge in [-0.15, -0.1) is 11.3 Å². The number of aromatic nitrogens is 4. The SMILES string of the molecule is c1ccc(-c2cc(-c3cccc(-n4c5ccccc5c5c6c7ccccc7sc6c6c7ccccc7n(-c7ccccc7)c6c54)c3)nc(-c3ccccc3)n2)cc1. The lowest BCUT2D eigenvalue weighted by Crippen LogP contribution is -2.00. The summed E-state index contributed by atoms with van der Waals surface area (Å²) >= 11 is 1.90. The van der Waals surface area contributed by atoms with Gasteiger partial charge in [-0.05, 0) is 48.5 Å². The van der Waals surface area contributed by atoms with Crippen LogP contribution >= 0.6 is 11.3 Å². The fourth-order valence-electron chi connectivity index (χ4n) is 8.87. The lowest BCUT2D eigenvalue weighted by molar-refractivity contribution is 1.15. The van der Waals surface area contributed by atoms with Gasteiger partial charge in [0, 0.05) is 69.8 Å². The highest BCUT2D eigenvalue weighted by Gasteiger charge is 2.27. The molecule has 12 rings (SSSR count). The minimum atomic E-state index is 0.704. The summed E-state index contributed by atoms with van der Waals surface area (Å²) in [7, 11) is 0. The number of benzene rings is 8. The van der Waals surface area contributed by atoms with Gasteiger partial charge in [0.15, 0.2) is 5.82 Å². The van der Waals surface area contributed by atoms with Crippen LogP contribution in [-0.4, -0.2) is 19.1 Å². The molecular formula is C52H32N4S. The summed E-state index contributed by atoms with van der Waals surface area (Å²) in [5, 5.41) is 7.66. The summed E-state index contributed by atoms with van der Waals surface area (Å²) in [6.45, 7) is 0. The van der Waals surface area contributed by atoms with E-state index in [9.17, 15) is 0 Å². The van der Waals surface area contributed by atoms with Crippen molar-refractivity contribution in [1.82, 2.24) is 19.1 Å². The maximum atomic E-state index is 5.22. The summed E-state index contributed by atoms with van der Waals surface area (Å²) in [5.41, 5.74) is 11.8. The fourth-order valence-corrected chi connectivity index (χ4v) is 10.1. The first kappa shape index (κ1) is 32.0. The van der Waals surface area contributed by atoms with Gasteiger partial charge in [-0.2, -0.15) is 0 Å². The minimum absolute atomic E-state index is 0.704. The second-order valence-corrected chi connectivity index (χ2v) is 15.6. The Morgan fingerprint density at radius 1 is 0.368 bits per heavy atom. The number of thiophene rings is 1. The molecule has 0 amide bonds. The molecule has 8 aromatic carbocycles. The van der Waals surface area contributed by atoms with Crippen molar-refractivity contribution in [3.05, 3.63) is 194 Å². The largest absolute Gasteiger partial charge is 0.307 e. The van der Waals surface area contributed by atoms with Crippen molar-refractivity contribution in [1.29, 1.82) is 0 Å². The standard InChI is InChI=1S/C52H32N4S/c1-4-17-33(18-5-1)41-32-42(54-52(53-41)34-19-6-2-7-20-34)35-21-16-24-37(31-35)56-43-28-13-10-25-38(43)46-47-40-27-12-15-30-45(40)57-51(47)48-39-26-11-14-29-44(39)55(50(48)49(46)56)36-22-8-3-9-23-36/h1-32H. The Labute approximate surface area is 332 Å². The van der Waals surface area contributed by atoms with Gasteiger partial charge in [0.25, 0.3) is 0 Å². The van der Waals surface area contributed by atoms with E-state index >= 15 is 0 Å². The van der Waals surface area contributed by atoms with Gasteiger partial charge in [-0.3, -0.25) is 0 Å². The lowest BCUT2D eigenvalue weighted by atomic mass is 10.0. The highest BCUT2D eigenvalue weighted by molar-refractivity contribution is 7.27. The van der Waals surface area contributed by atoms with Gasteiger partial charge in [-0.25, -0.2) is 9.97 Å². The van der Waals surface area contributed by atoms with Gasteiger partial charge in [0.05, 0.1) is 33.5 Å². The third kappa shape index (κ3) is 4.86. The monoisotopic (exact) mass is 744 g/mol. The second kappa shape index (κ2) is 12.6. The Bertz CT molecular complexity index is 3450. The molecule has 57 heavy (non-hydrogen) atoms. The van der Waals surface area contributed by atoms with Crippen molar-refractivity contribution >= 4 is 75.1 Å². The molecule has 0 fully saturated rings. The van der Waals surface area contributed by atoms with E-state index in [1.807, 2.05) is 35.6 Å². The number of fused-ring (bicyclic) bond motifs is 12. The zero-order chi connectivity index (χ0) is 37.5. The summed E-state index contributed by atoms with van der Waals surface area (Å²) in [4.78, 5) is 10.3. The van der Waals surface area contributed by atoms with E-state index in [1.165, 1.54) is 58.3 Å². The van der Waals surface area contributed by atoms with Crippen molar-refractivity contribution in [3.8, 4) is 45.3 Å². The van der Waals surface area contributed by atoms with Gasteiger partial charge in [0.1, 0.15) is 0 Å². The molecule has 0 saturated heterocycles. The van der Waals surface area contributed by atoms with Gasteiger partial charge in [-0.1, -0.05) is 146 Å². The zero-order valence-electron chi connectivity index (χ0n) is 30.7. The summed E-state index contributed by atoms with van der Waals surface area (Å²) in [6.07, 6.45) is 0. The number of nitrogens with zero attached hydrogens (tertiary/aromatic N) is 4. The van der Waals surface area contributed by atoms with Crippen LogP contribution in [-0.2, 0) is 0 Å². The molecule has 0 spiro atoms.